The topological polar surface area (TPSA) is 62.3 Å². The molecule has 1 aliphatic rings. The van der Waals surface area contributed by atoms with E-state index in [2.05, 4.69) is 0 Å². The van der Waals surface area contributed by atoms with Crippen LogP contribution in [0, 0.1) is 11.3 Å². The van der Waals surface area contributed by atoms with Crippen molar-refractivity contribution < 1.29 is 17.9 Å². The largest absolute Gasteiger partial charge is 0.497 e. The molecule has 7 heteroatoms. The molecule has 0 radical (unpaired) electrons. The lowest BCUT2D eigenvalue weighted by Crippen LogP contribution is -2.39. The summed E-state index contributed by atoms with van der Waals surface area (Å²) >= 11 is 0. The van der Waals surface area contributed by atoms with E-state index >= 15 is 0 Å². The van der Waals surface area contributed by atoms with Crippen molar-refractivity contribution in [3.05, 3.63) is 23.8 Å². The van der Waals surface area contributed by atoms with Crippen LogP contribution in [0.25, 0.3) is 0 Å². The predicted molar refractivity (Wildman–Crippen MR) is 75.0 cm³/mol. The first-order valence-corrected chi connectivity index (χ1v) is 6.67. The standard InChI is InChI=1S/C14H18F3N3O/c1-21-10-2-3-11(13(18)19)12(8-10)20-6-4-9(5-7-20)14(15,16)17/h2-3,8-9H,4-7H2,1H3,(H3,18,19). The lowest BCUT2D eigenvalue weighted by Gasteiger charge is -2.35. The summed E-state index contributed by atoms with van der Waals surface area (Å²) in [5.74, 6) is -0.765. The first-order valence-electron chi connectivity index (χ1n) is 6.67. The number of amidine groups is 1. The molecule has 0 bridgehead atoms. The van der Waals surface area contributed by atoms with E-state index in [1.807, 2.05) is 4.90 Å². The molecular weight excluding hydrogens is 283 g/mol. The number of nitrogens with zero attached hydrogens (tertiary/aromatic N) is 1. The number of methoxy groups -OCH3 is 1. The van der Waals surface area contributed by atoms with Gasteiger partial charge in [-0.25, -0.2) is 0 Å². The van der Waals surface area contributed by atoms with Gasteiger partial charge in [0, 0.05) is 24.7 Å². The van der Waals surface area contributed by atoms with E-state index < -0.39 is 12.1 Å². The Morgan fingerprint density at radius 1 is 1.33 bits per heavy atom. The first kappa shape index (κ1) is 15.5. The van der Waals surface area contributed by atoms with Crippen LogP contribution in [0.4, 0.5) is 18.9 Å². The van der Waals surface area contributed by atoms with Gasteiger partial charge in [-0.05, 0) is 25.0 Å². The van der Waals surface area contributed by atoms with Crippen molar-refractivity contribution in [2.75, 3.05) is 25.1 Å². The summed E-state index contributed by atoms with van der Waals surface area (Å²) in [6.07, 6.45) is -4.03. The second kappa shape index (κ2) is 5.83. The van der Waals surface area contributed by atoms with E-state index in [1.165, 1.54) is 7.11 Å². The molecule has 0 unspecified atom stereocenters. The van der Waals surface area contributed by atoms with Crippen LogP contribution < -0.4 is 15.4 Å². The molecule has 0 aromatic heterocycles. The Kier molecular flexibility index (Phi) is 4.29. The highest BCUT2D eigenvalue weighted by atomic mass is 19.4. The van der Waals surface area contributed by atoms with Crippen molar-refractivity contribution in [1.29, 1.82) is 5.41 Å². The van der Waals surface area contributed by atoms with Gasteiger partial charge in [-0.1, -0.05) is 0 Å². The Morgan fingerprint density at radius 3 is 2.43 bits per heavy atom. The summed E-state index contributed by atoms with van der Waals surface area (Å²) in [4.78, 5) is 1.83. The van der Waals surface area contributed by atoms with E-state index in [4.69, 9.17) is 15.9 Å². The number of nitrogens with one attached hydrogen (secondary N) is 1. The Hall–Kier alpha value is -1.92. The van der Waals surface area contributed by atoms with Gasteiger partial charge in [-0.2, -0.15) is 13.2 Å². The second-order valence-corrected chi connectivity index (χ2v) is 5.10. The molecule has 2 rings (SSSR count). The highest BCUT2D eigenvalue weighted by Gasteiger charge is 2.41. The van der Waals surface area contributed by atoms with Crippen molar-refractivity contribution in [3.63, 3.8) is 0 Å². The van der Waals surface area contributed by atoms with Gasteiger partial charge in [-0.15, -0.1) is 0 Å². The number of alkyl halides is 3. The highest BCUT2D eigenvalue weighted by Crippen LogP contribution is 2.36. The Bertz CT molecular complexity index is 523. The van der Waals surface area contributed by atoms with Crippen LogP contribution in [0.15, 0.2) is 18.2 Å². The molecular formula is C14H18F3N3O. The minimum Gasteiger partial charge on any atom is -0.497 e. The second-order valence-electron chi connectivity index (χ2n) is 5.10. The van der Waals surface area contributed by atoms with Crippen LogP contribution >= 0.6 is 0 Å². The smallest absolute Gasteiger partial charge is 0.391 e. The summed E-state index contributed by atoms with van der Waals surface area (Å²) in [5, 5.41) is 7.59. The maximum atomic E-state index is 12.7. The predicted octanol–water partition coefficient (Wildman–Crippen LogP) is 2.76. The van der Waals surface area contributed by atoms with E-state index in [1.54, 1.807) is 18.2 Å². The van der Waals surface area contributed by atoms with Crippen LogP contribution in [-0.2, 0) is 0 Å². The monoisotopic (exact) mass is 301 g/mol. The lowest BCUT2D eigenvalue weighted by molar-refractivity contribution is -0.179. The molecule has 0 saturated carbocycles. The molecule has 1 aromatic carbocycles. The number of nitrogen functional groups attached to an aromatic ring is 1. The van der Waals surface area contributed by atoms with E-state index in [-0.39, 0.29) is 31.8 Å². The van der Waals surface area contributed by atoms with Gasteiger partial charge < -0.3 is 15.4 Å². The molecule has 1 aliphatic heterocycles. The third-order valence-electron chi connectivity index (χ3n) is 3.79. The summed E-state index contributed by atoms with van der Waals surface area (Å²) in [7, 11) is 1.52. The van der Waals surface area contributed by atoms with Gasteiger partial charge in [0.15, 0.2) is 0 Å². The molecule has 1 fully saturated rings. The maximum absolute atomic E-state index is 12.7. The number of hydrogen-bond donors (Lipinski definition) is 2. The number of piperidine rings is 1. The molecule has 21 heavy (non-hydrogen) atoms. The average Bonchev–Trinajstić information content (AvgIpc) is 2.45. The molecule has 0 amide bonds. The minimum atomic E-state index is -4.14. The fourth-order valence-corrected chi connectivity index (χ4v) is 2.58. The summed E-state index contributed by atoms with van der Waals surface area (Å²) in [5.41, 5.74) is 6.72. The lowest BCUT2D eigenvalue weighted by atomic mass is 9.95. The summed E-state index contributed by atoms with van der Waals surface area (Å²) in [6, 6.07) is 5.06. The Balaban J connectivity index is 2.21. The molecule has 0 spiro atoms. The van der Waals surface area contributed by atoms with E-state index in [0.717, 1.165) is 0 Å². The number of hydrogen-bond acceptors (Lipinski definition) is 3. The molecule has 1 aromatic rings. The van der Waals surface area contributed by atoms with Crippen LogP contribution in [0.1, 0.15) is 18.4 Å². The van der Waals surface area contributed by atoms with Crippen molar-refractivity contribution in [2.45, 2.75) is 19.0 Å². The maximum Gasteiger partial charge on any atom is 0.391 e. The Morgan fingerprint density at radius 2 is 1.95 bits per heavy atom. The Labute approximate surface area is 121 Å². The number of nitrogens with two attached hydrogens (primary N) is 1. The van der Waals surface area contributed by atoms with E-state index in [0.29, 0.717) is 17.0 Å². The quantitative estimate of drug-likeness (QED) is 0.666. The fraction of sp³-hybridized carbons (Fsp3) is 0.500. The normalized spacial score (nSPS) is 16.9. The van der Waals surface area contributed by atoms with Gasteiger partial charge >= 0.3 is 6.18 Å². The number of benzene rings is 1. The molecule has 3 N–H and O–H groups in total. The summed E-state index contributed by atoms with van der Waals surface area (Å²) < 4.78 is 43.3. The zero-order valence-corrected chi connectivity index (χ0v) is 11.7. The van der Waals surface area contributed by atoms with Gasteiger partial charge in [0.2, 0.25) is 0 Å². The first-order chi connectivity index (χ1) is 9.82. The van der Waals surface area contributed by atoms with Crippen LogP contribution in [0.3, 0.4) is 0 Å². The number of rotatable bonds is 3. The third kappa shape index (κ3) is 3.40. The molecule has 1 saturated heterocycles. The number of ether oxygens (including phenoxy) is 1. The molecule has 1 heterocycles. The summed E-state index contributed by atoms with van der Waals surface area (Å²) in [6.45, 7) is 0.579. The fourth-order valence-electron chi connectivity index (χ4n) is 2.58. The zero-order valence-electron chi connectivity index (χ0n) is 11.7. The zero-order chi connectivity index (χ0) is 15.6. The van der Waals surface area contributed by atoms with Gasteiger partial charge in [0.05, 0.1) is 18.7 Å². The minimum absolute atomic E-state index is 0.0536. The van der Waals surface area contributed by atoms with Crippen LogP contribution in [0.5, 0.6) is 5.75 Å². The average molecular weight is 301 g/mol. The molecule has 116 valence electrons. The van der Waals surface area contributed by atoms with Crippen molar-refractivity contribution >= 4 is 11.5 Å². The van der Waals surface area contributed by atoms with Crippen LogP contribution in [0.2, 0.25) is 0 Å². The van der Waals surface area contributed by atoms with Crippen molar-refractivity contribution in [3.8, 4) is 5.75 Å². The number of halogens is 3. The third-order valence-corrected chi connectivity index (χ3v) is 3.79. The van der Waals surface area contributed by atoms with Gasteiger partial charge in [0.25, 0.3) is 0 Å². The van der Waals surface area contributed by atoms with Gasteiger partial charge in [-0.3, -0.25) is 5.41 Å². The SMILES string of the molecule is COc1ccc(C(=N)N)c(N2CCC(C(F)(F)F)CC2)c1. The van der Waals surface area contributed by atoms with Crippen LogP contribution in [-0.4, -0.2) is 32.2 Å². The van der Waals surface area contributed by atoms with Crippen molar-refractivity contribution in [2.24, 2.45) is 11.7 Å². The molecule has 0 aliphatic carbocycles. The molecule has 0 atom stereocenters. The molecule has 4 nitrogen and oxygen atoms in total. The highest BCUT2D eigenvalue weighted by molar-refractivity contribution is 6.00. The number of anilines is 1. The van der Waals surface area contributed by atoms with Gasteiger partial charge in [0.1, 0.15) is 11.6 Å². The van der Waals surface area contributed by atoms with E-state index in [9.17, 15) is 13.2 Å². The van der Waals surface area contributed by atoms with Crippen molar-refractivity contribution in [1.82, 2.24) is 0 Å².